The van der Waals surface area contributed by atoms with Crippen LogP contribution in [0, 0.1) is 5.92 Å². The van der Waals surface area contributed by atoms with Gasteiger partial charge in [-0.05, 0) is 64.2 Å². The third-order valence-corrected chi connectivity index (χ3v) is 4.45. The molecule has 2 saturated heterocycles. The molecule has 2 heterocycles. The van der Waals surface area contributed by atoms with Crippen LogP contribution in [-0.4, -0.2) is 61.8 Å². The summed E-state index contributed by atoms with van der Waals surface area (Å²) in [6.07, 6.45) is 6.98. The summed E-state index contributed by atoms with van der Waals surface area (Å²) in [5.41, 5.74) is 0. The van der Waals surface area contributed by atoms with Crippen LogP contribution in [-0.2, 0) is 4.74 Å². The Morgan fingerprint density at radius 2 is 1.79 bits per heavy atom. The van der Waals surface area contributed by atoms with Crippen molar-refractivity contribution in [3.05, 3.63) is 0 Å². The van der Waals surface area contributed by atoms with Crippen molar-refractivity contribution in [3.63, 3.8) is 0 Å². The third-order valence-electron chi connectivity index (χ3n) is 4.45. The fourth-order valence-electron chi connectivity index (χ4n) is 3.35. The maximum Gasteiger partial charge on any atom is 0.0593 e. The zero-order valence-corrected chi connectivity index (χ0v) is 12.9. The first-order valence-corrected chi connectivity index (χ1v) is 8.30. The normalized spacial score (nSPS) is 27.0. The third kappa shape index (κ3) is 5.41. The molecule has 0 radical (unpaired) electrons. The first kappa shape index (κ1) is 15.3. The van der Waals surface area contributed by atoms with Crippen LogP contribution in [0.25, 0.3) is 0 Å². The van der Waals surface area contributed by atoms with Crippen molar-refractivity contribution in [1.29, 1.82) is 0 Å². The SMILES string of the molecule is CC(C)COCCN1CCC[C@@H](N2CCCC2)CC1. The Morgan fingerprint density at radius 1 is 1.00 bits per heavy atom. The quantitative estimate of drug-likeness (QED) is 0.689. The zero-order valence-electron chi connectivity index (χ0n) is 12.9. The van der Waals surface area contributed by atoms with Gasteiger partial charge in [-0.1, -0.05) is 13.8 Å². The lowest BCUT2D eigenvalue weighted by atomic mass is 10.1. The Kier molecular flexibility index (Phi) is 6.62. The molecule has 3 heteroatoms. The molecule has 0 aromatic heterocycles. The Bertz CT molecular complexity index is 239. The summed E-state index contributed by atoms with van der Waals surface area (Å²) in [6, 6.07) is 0.865. The summed E-state index contributed by atoms with van der Waals surface area (Å²) in [4.78, 5) is 5.34. The van der Waals surface area contributed by atoms with Crippen LogP contribution in [0.1, 0.15) is 46.0 Å². The lowest BCUT2D eigenvalue weighted by molar-refractivity contribution is 0.0856. The molecule has 112 valence electrons. The van der Waals surface area contributed by atoms with Crippen LogP contribution >= 0.6 is 0 Å². The molecule has 0 spiro atoms. The fourth-order valence-corrected chi connectivity index (χ4v) is 3.35. The summed E-state index contributed by atoms with van der Waals surface area (Å²) < 4.78 is 5.71. The van der Waals surface area contributed by atoms with Gasteiger partial charge in [0, 0.05) is 19.2 Å². The van der Waals surface area contributed by atoms with Gasteiger partial charge < -0.3 is 14.5 Å². The number of hydrogen-bond acceptors (Lipinski definition) is 3. The van der Waals surface area contributed by atoms with Crippen molar-refractivity contribution in [2.45, 2.75) is 52.0 Å². The van der Waals surface area contributed by atoms with E-state index in [0.29, 0.717) is 5.92 Å². The summed E-state index contributed by atoms with van der Waals surface area (Å²) in [5.74, 6) is 0.656. The molecule has 0 bridgehead atoms. The molecule has 3 nitrogen and oxygen atoms in total. The molecule has 2 rings (SSSR count). The van der Waals surface area contributed by atoms with Gasteiger partial charge in [0.25, 0.3) is 0 Å². The van der Waals surface area contributed by atoms with Crippen molar-refractivity contribution in [3.8, 4) is 0 Å². The van der Waals surface area contributed by atoms with Crippen molar-refractivity contribution in [2.75, 3.05) is 45.9 Å². The molecule has 2 fully saturated rings. The predicted molar refractivity (Wildman–Crippen MR) is 80.5 cm³/mol. The van der Waals surface area contributed by atoms with E-state index in [1.54, 1.807) is 0 Å². The molecular weight excluding hydrogens is 236 g/mol. The van der Waals surface area contributed by atoms with Gasteiger partial charge in [-0.25, -0.2) is 0 Å². The maximum absolute atomic E-state index is 5.71. The van der Waals surface area contributed by atoms with E-state index in [1.807, 2.05) is 0 Å². The first-order chi connectivity index (χ1) is 9.25. The largest absolute Gasteiger partial charge is 0.380 e. The van der Waals surface area contributed by atoms with Crippen LogP contribution in [0.3, 0.4) is 0 Å². The number of hydrogen-bond donors (Lipinski definition) is 0. The van der Waals surface area contributed by atoms with Gasteiger partial charge in [-0.2, -0.15) is 0 Å². The van der Waals surface area contributed by atoms with E-state index >= 15 is 0 Å². The van der Waals surface area contributed by atoms with E-state index in [1.165, 1.54) is 58.3 Å². The van der Waals surface area contributed by atoms with E-state index < -0.39 is 0 Å². The Morgan fingerprint density at radius 3 is 2.53 bits per heavy atom. The van der Waals surface area contributed by atoms with E-state index in [9.17, 15) is 0 Å². The molecular formula is C16H32N2O. The molecule has 0 aliphatic carbocycles. The monoisotopic (exact) mass is 268 g/mol. The molecule has 0 N–H and O–H groups in total. The van der Waals surface area contributed by atoms with E-state index in [2.05, 4.69) is 23.6 Å². The summed E-state index contributed by atoms with van der Waals surface area (Å²) in [6.45, 7) is 12.6. The number of rotatable bonds is 6. The minimum atomic E-state index is 0.656. The van der Waals surface area contributed by atoms with Gasteiger partial charge in [0.1, 0.15) is 0 Å². The predicted octanol–water partition coefficient (Wildman–Crippen LogP) is 2.61. The van der Waals surface area contributed by atoms with Crippen LogP contribution in [0.2, 0.25) is 0 Å². The lowest BCUT2D eigenvalue weighted by Gasteiger charge is -2.26. The van der Waals surface area contributed by atoms with Crippen LogP contribution in [0.15, 0.2) is 0 Å². The Labute approximate surface area is 119 Å². The molecule has 0 unspecified atom stereocenters. The van der Waals surface area contributed by atoms with Crippen molar-refractivity contribution >= 4 is 0 Å². The number of nitrogens with zero attached hydrogens (tertiary/aromatic N) is 2. The standard InChI is InChI=1S/C16H32N2O/c1-15(2)14-19-13-12-17-8-5-6-16(7-11-17)18-9-3-4-10-18/h15-16H,3-14H2,1-2H3/t16-/m1/s1. The number of likely N-dealkylation sites (tertiary alicyclic amines) is 2. The molecule has 2 aliphatic heterocycles. The van der Waals surface area contributed by atoms with Crippen molar-refractivity contribution < 1.29 is 4.74 Å². The second-order valence-corrected chi connectivity index (χ2v) is 6.64. The summed E-state index contributed by atoms with van der Waals surface area (Å²) >= 11 is 0. The molecule has 0 aromatic carbocycles. The van der Waals surface area contributed by atoms with Gasteiger partial charge in [0.2, 0.25) is 0 Å². The average molecular weight is 268 g/mol. The van der Waals surface area contributed by atoms with E-state index in [-0.39, 0.29) is 0 Å². The first-order valence-electron chi connectivity index (χ1n) is 8.30. The van der Waals surface area contributed by atoms with Gasteiger partial charge in [-0.15, -0.1) is 0 Å². The maximum atomic E-state index is 5.71. The highest BCUT2D eigenvalue weighted by molar-refractivity contribution is 4.80. The second kappa shape index (κ2) is 8.23. The molecule has 0 saturated carbocycles. The Hall–Kier alpha value is -0.120. The Balaban J connectivity index is 1.62. The molecule has 2 aliphatic rings. The highest BCUT2D eigenvalue weighted by atomic mass is 16.5. The highest BCUT2D eigenvalue weighted by Crippen LogP contribution is 2.21. The van der Waals surface area contributed by atoms with Gasteiger partial charge in [-0.3, -0.25) is 0 Å². The minimum Gasteiger partial charge on any atom is -0.380 e. The molecule has 0 amide bonds. The molecule has 19 heavy (non-hydrogen) atoms. The topological polar surface area (TPSA) is 15.7 Å². The van der Waals surface area contributed by atoms with Crippen LogP contribution in [0.4, 0.5) is 0 Å². The van der Waals surface area contributed by atoms with Gasteiger partial charge >= 0.3 is 0 Å². The van der Waals surface area contributed by atoms with Crippen molar-refractivity contribution in [1.82, 2.24) is 9.80 Å². The van der Waals surface area contributed by atoms with Crippen molar-refractivity contribution in [2.24, 2.45) is 5.92 Å². The number of ether oxygens (including phenoxy) is 1. The molecule has 0 aromatic rings. The van der Waals surface area contributed by atoms with E-state index in [4.69, 9.17) is 4.74 Å². The summed E-state index contributed by atoms with van der Waals surface area (Å²) in [5, 5.41) is 0. The second-order valence-electron chi connectivity index (χ2n) is 6.64. The zero-order chi connectivity index (χ0) is 13.5. The van der Waals surface area contributed by atoms with Crippen LogP contribution < -0.4 is 0 Å². The lowest BCUT2D eigenvalue weighted by Crippen LogP contribution is -2.34. The summed E-state index contributed by atoms with van der Waals surface area (Å²) in [7, 11) is 0. The van der Waals surface area contributed by atoms with Gasteiger partial charge in [0.05, 0.1) is 6.61 Å². The smallest absolute Gasteiger partial charge is 0.0593 e. The van der Waals surface area contributed by atoms with Crippen LogP contribution in [0.5, 0.6) is 0 Å². The van der Waals surface area contributed by atoms with E-state index in [0.717, 1.165) is 25.8 Å². The average Bonchev–Trinajstić information content (AvgIpc) is 2.81. The molecule has 1 atom stereocenters. The van der Waals surface area contributed by atoms with Gasteiger partial charge in [0.15, 0.2) is 0 Å². The minimum absolute atomic E-state index is 0.656. The fraction of sp³-hybridized carbons (Fsp3) is 1.00. The highest BCUT2D eigenvalue weighted by Gasteiger charge is 2.24.